The number of piperidine rings is 1. The molecule has 0 bridgehead atoms. The molecule has 1 aromatic rings. The first-order valence-corrected chi connectivity index (χ1v) is 6.35. The molecule has 1 aromatic carbocycles. The summed E-state index contributed by atoms with van der Waals surface area (Å²) in [5.41, 5.74) is 0.0146. The molecule has 0 spiro atoms. The fourth-order valence-electron chi connectivity index (χ4n) is 2.68. The van der Waals surface area contributed by atoms with Crippen LogP contribution in [0.4, 0.5) is 8.78 Å². The van der Waals surface area contributed by atoms with E-state index in [1.807, 2.05) is 11.8 Å². The smallest absolute Gasteiger partial charge is 0.307 e. The van der Waals surface area contributed by atoms with Crippen LogP contribution in [0.5, 0.6) is 0 Å². The Labute approximate surface area is 110 Å². The van der Waals surface area contributed by atoms with E-state index in [0.29, 0.717) is 19.5 Å². The van der Waals surface area contributed by atoms with E-state index in [1.165, 1.54) is 18.2 Å². The number of carboxylic acids is 1. The molecule has 1 saturated heterocycles. The molecule has 0 aliphatic carbocycles. The van der Waals surface area contributed by atoms with Crippen LogP contribution in [-0.2, 0) is 11.3 Å². The molecule has 1 aliphatic heterocycles. The molecule has 1 heterocycles. The minimum absolute atomic E-state index is 0.0146. The molecule has 1 aliphatic rings. The molecule has 0 saturated carbocycles. The molecule has 0 aromatic heterocycles. The lowest BCUT2D eigenvalue weighted by Gasteiger charge is -2.34. The van der Waals surface area contributed by atoms with Gasteiger partial charge >= 0.3 is 5.97 Å². The zero-order valence-corrected chi connectivity index (χ0v) is 10.8. The molecule has 5 heteroatoms. The van der Waals surface area contributed by atoms with Crippen molar-refractivity contribution in [2.45, 2.75) is 19.9 Å². The first kappa shape index (κ1) is 13.9. The molecule has 1 fully saturated rings. The van der Waals surface area contributed by atoms with Crippen LogP contribution in [0.3, 0.4) is 0 Å². The highest BCUT2D eigenvalue weighted by Crippen LogP contribution is 2.24. The van der Waals surface area contributed by atoms with Crippen molar-refractivity contribution < 1.29 is 18.7 Å². The number of carbonyl (C=O) groups is 1. The predicted molar refractivity (Wildman–Crippen MR) is 66.5 cm³/mol. The van der Waals surface area contributed by atoms with Crippen molar-refractivity contribution in [2.24, 2.45) is 11.8 Å². The zero-order valence-electron chi connectivity index (χ0n) is 10.8. The summed E-state index contributed by atoms with van der Waals surface area (Å²) in [7, 11) is 0. The summed E-state index contributed by atoms with van der Waals surface area (Å²) in [5.74, 6) is -2.25. The number of nitrogens with zero attached hydrogens (tertiary/aromatic N) is 1. The first-order chi connectivity index (χ1) is 8.97. The molecule has 19 heavy (non-hydrogen) atoms. The van der Waals surface area contributed by atoms with Crippen molar-refractivity contribution in [2.75, 3.05) is 13.1 Å². The van der Waals surface area contributed by atoms with Gasteiger partial charge in [0.05, 0.1) is 5.92 Å². The Kier molecular flexibility index (Phi) is 4.14. The van der Waals surface area contributed by atoms with E-state index in [-0.39, 0.29) is 18.0 Å². The number of benzene rings is 1. The van der Waals surface area contributed by atoms with Crippen LogP contribution in [0.2, 0.25) is 0 Å². The zero-order chi connectivity index (χ0) is 14.0. The second-order valence-electron chi connectivity index (χ2n) is 5.27. The van der Waals surface area contributed by atoms with Gasteiger partial charge in [-0.05, 0) is 24.5 Å². The van der Waals surface area contributed by atoms with E-state index in [2.05, 4.69) is 0 Å². The van der Waals surface area contributed by atoms with Gasteiger partial charge in [-0.2, -0.15) is 0 Å². The van der Waals surface area contributed by atoms with E-state index >= 15 is 0 Å². The highest BCUT2D eigenvalue weighted by molar-refractivity contribution is 5.70. The third-order valence-electron chi connectivity index (χ3n) is 3.53. The Morgan fingerprint density at radius 3 is 2.58 bits per heavy atom. The Balaban J connectivity index is 2.12. The molecular formula is C14H17F2NO2. The van der Waals surface area contributed by atoms with E-state index < -0.39 is 23.5 Å². The van der Waals surface area contributed by atoms with Gasteiger partial charge in [0.2, 0.25) is 0 Å². The second-order valence-corrected chi connectivity index (χ2v) is 5.27. The maximum Gasteiger partial charge on any atom is 0.307 e. The average molecular weight is 269 g/mol. The van der Waals surface area contributed by atoms with Crippen molar-refractivity contribution in [3.8, 4) is 0 Å². The molecule has 1 N–H and O–H groups in total. The molecule has 0 amide bonds. The number of hydrogen-bond donors (Lipinski definition) is 1. The van der Waals surface area contributed by atoms with Crippen LogP contribution in [0, 0.1) is 23.5 Å². The van der Waals surface area contributed by atoms with Gasteiger partial charge in [0.15, 0.2) is 0 Å². The number of aliphatic carboxylic acids is 1. The van der Waals surface area contributed by atoms with Crippen LogP contribution >= 0.6 is 0 Å². The molecule has 2 atom stereocenters. The van der Waals surface area contributed by atoms with Crippen molar-refractivity contribution in [1.82, 2.24) is 4.90 Å². The summed E-state index contributed by atoms with van der Waals surface area (Å²) >= 11 is 0. The SMILES string of the molecule is CC1CC(C(=O)O)CN(Cc2c(F)cccc2F)C1. The average Bonchev–Trinajstić information content (AvgIpc) is 2.33. The largest absolute Gasteiger partial charge is 0.481 e. The molecule has 2 rings (SSSR count). The Morgan fingerprint density at radius 1 is 1.37 bits per heavy atom. The van der Waals surface area contributed by atoms with Gasteiger partial charge < -0.3 is 5.11 Å². The normalized spacial score (nSPS) is 24.4. The van der Waals surface area contributed by atoms with Gasteiger partial charge in [-0.25, -0.2) is 8.78 Å². The lowest BCUT2D eigenvalue weighted by molar-refractivity contribution is -0.144. The standard InChI is InChI=1S/C14H17F2NO2/c1-9-5-10(14(18)19)7-17(6-9)8-11-12(15)3-2-4-13(11)16/h2-4,9-10H,5-8H2,1H3,(H,18,19). The second kappa shape index (κ2) is 5.65. The lowest BCUT2D eigenvalue weighted by atomic mass is 9.90. The third-order valence-corrected chi connectivity index (χ3v) is 3.53. The number of halogens is 2. The summed E-state index contributed by atoms with van der Waals surface area (Å²) in [6.45, 7) is 3.08. The summed E-state index contributed by atoms with van der Waals surface area (Å²) < 4.78 is 27.2. The Morgan fingerprint density at radius 2 is 2.00 bits per heavy atom. The number of carboxylic acid groups (broad SMARTS) is 1. The minimum atomic E-state index is -0.842. The number of likely N-dealkylation sites (tertiary alicyclic amines) is 1. The van der Waals surface area contributed by atoms with Crippen LogP contribution in [0.15, 0.2) is 18.2 Å². The fraction of sp³-hybridized carbons (Fsp3) is 0.500. The summed E-state index contributed by atoms with van der Waals surface area (Å²) in [5, 5.41) is 9.07. The van der Waals surface area contributed by atoms with Gasteiger partial charge in [0, 0.05) is 25.2 Å². The van der Waals surface area contributed by atoms with Gasteiger partial charge in [-0.3, -0.25) is 9.69 Å². The van der Waals surface area contributed by atoms with Crippen LogP contribution < -0.4 is 0 Å². The summed E-state index contributed by atoms with van der Waals surface area (Å²) in [6.07, 6.45) is 0.617. The van der Waals surface area contributed by atoms with E-state index in [4.69, 9.17) is 5.11 Å². The fourth-order valence-corrected chi connectivity index (χ4v) is 2.68. The van der Waals surface area contributed by atoms with Crippen LogP contribution in [-0.4, -0.2) is 29.1 Å². The third kappa shape index (κ3) is 3.29. The molecule has 3 nitrogen and oxygen atoms in total. The molecule has 2 unspecified atom stereocenters. The maximum absolute atomic E-state index is 13.6. The van der Waals surface area contributed by atoms with Gasteiger partial charge in [-0.15, -0.1) is 0 Å². The van der Waals surface area contributed by atoms with E-state index in [0.717, 1.165) is 0 Å². The quantitative estimate of drug-likeness (QED) is 0.916. The minimum Gasteiger partial charge on any atom is -0.481 e. The van der Waals surface area contributed by atoms with E-state index in [9.17, 15) is 13.6 Å². The number of rotatable bonds is 3. The van der Waals surface area contributed by atoms with Gasteiger partial charge in [0.25, 0.3) is 0 Å². The monoisotopic (exact) mass is 269 g/mol. The molecule has 104 valence electrons. The molecular weight excluding hydrogens is 252 g/mol. The predicted octanol–water partition coefficient (Wildman–Crippen LogP) is 2.51. The van der Waals surface area contributed by atoms with Crippen molar-refractivity contribution >= 4 is 5.97 Å². The lowest BCUT2D eigenvalue weighted by Crippen LogP contribution is -2.42. The maximum atomic E-state index is 13.6. The van der Waals surface area contributed by atoms with Gasteiger partial charge in [0.1, 0.15) is 11.6 Å². The summed E-state index contributed by atoms with van der Waals surface area (Å²) in [4.78, 5) is 12.9. The van der Waals surface area contributed by atoms with Crippen molar-refractivity contribution in [3.63, 3.8) is 0 Å². The Hall–Kier alpha value is -1.49. The van der Waals surface area contributed by atoms with Crippen LogP contribution in [0.25, 0.3) is 0 Å². The summed E-state index contributed by atoms with van der Waals surface area (Å²) in [6, 6.07) is 3.77. The Bertz CT molecular complexity index is 458. The van der Waals surface area contributed by atoms with E-state index in [1.54, 1.807) is 0 Å². The highest BCUT2D eigenvalue weighted by Gasteiger charge is 2.30. The van der Waals surface area contributed by atoms with Crippen molar-refractivity contribution in [1.29, 1.82) is 0 Å². The topological polar surface area (TPSA) is 40.5 Å². The molecule has 0 radical (unpaired) electrons. The first-order valence-electron chi connectivity index (χ1n) is 6.35. The van der Waals surface area contributed by atoms with Crippen LogP contribution in [0.1, 0.15) is 18.9 Å². The highest BCUT2D eigenvalue weighted by atomic mass is 19.1. The van der Waals surface area contributed by atoms with Crippen molar-refractivity contribution in [3.05, 3.63) is 35.4 Å². The van der Waals surface area contributed by atoms with Gasteiger partial charge in [-0.1, -0.05) is 13.0 Å². The number of hydrogen-bond acceptors (Lipinski definition) is 2.